The zero-order valence-electron chi connectivity index (χ0n) is 6.90. The van der Waals surface area contributed by atoms with Crippen LogP contribution in [0, 0.1) is 5.82 Å². The second kappa shape index (κ2) is 3.60. The standard InChI is InChI=1S/C7H7FN2O2S2/c8-6-2-1-4(14(10,11)12)3-5(6)7(9)13/h1-3H,(H2,9,13)(H2,10,11,12). The van der Waals surface area contributed by atoms with Gasteiger partial charge in [-0.3, -0.25) is 0 Å². The molecule has 0 aliphatic rings. The number of nitrogens with two attached hydrogens (primary N) is 2. The van der Waals surface area contributed by atoms with Gasteiger partial charge in [0.25, 0.3) is 0 Å². The molecule has 0 atom stereocenters. The quantitative estimate of drug-likeness (QED) is 0.711. The van der Waals surface area contributed by atoms with Crippen LogP contribution in [0.3, 0.4) is 0 Å². The lowest BCUT2D eigenvalue weighted by molar-refractivity contribution is 0.596. The average molecular weight is 234 g/mol. The van der Waals surface area contributed by atoms with Crippen molar-refractivity contribution in [1.82, 2.24) is 0 Å². The number of thiocarbonyl (C=S) groups is 1. The van der Waals surface area contributed by atoms with E-state index in [-0.39, 0.29) is 15.4 Å². The molecule has 0 aliphatic carbocycles. The molecule has 0 unspecified atom stereocenters. The fourth-order valence-electron chi connectivity index (χ4n) is 0.870. The lowest BCUT2D eigenvalue weighted by Crippen LogP contribution is -2.16. The number of halogens is 1. The second-order valence-corrected chi connectivity index (χ2v) is 4.55. The molecule has 14 heavy (non-hydrogen) atoms. The van der Waals surface area contributed by atoms with E-state index in [1.807, 2.05) is 0 Å². The maximum Gasteiger partial charge on any atom is 0.238 e. The van der Waals surface area contributed by atoms with E-state index in [1.54, 1.807) is 0 Å². The van der Waals surface area contributed by atoms with Crippen molar-refractivity contribution in [2.75, 3.05) is 0 Å². The third-order valence-electron chi connectivity index (χ3n) is 1.53. The number of benzene rings is 1. The van der Waals surface area contributed by atoms with Crippen molar-refractivity contribution >= 4 is 27.2 Å². The van der Waals surface area contributed by atoms with Crippen molar-refractivity contribution in [2.24, 2.45) is 10.9 Å². The third-order valence-corrected chi connectivity index (χ3v) is 2.66. The Bertz CT molecular complexity index is 484. The molecule has 0 heterocycles. The Labute approximate surface area is 85.8 Å². The predicted molar refractivity (Wildman–Crippen MR) is 53.7 cm³/mol. The van der Waals surface area contributed by atoms with Gasteiger partial charge in [0.05, 0.1) is 4.90 Å². The first-order valence-corrected chi connectivity index (χ1v) is 5.40. The number of hydrogen-bond acceptors (Lipinski definition) is 3. The van der Waals surface area contributed by atoms with Gasteiger partial charge in [-0.15, -0.1) is 0 Å². The third kappa shape index (κ3) is 2.25. The maximum absolute atomic E-state index is 13.0. The molecule has 0 bridgehead atoms. The minimum Gasteiger partial charge on any atom is -0.389 e. The topological polar surface area (TPSA) is 86.2 Å². The molecule has 0 saturated heterocycles. The van der Waals surface area contributed by atoms with Crippen LogP contribution in [0.4, 0.5) is 4.39 Å². The van der Waals surface area contributed by atoms with Crippen molar-refractivity contribution in [2.45, 2.75) is 4.90 Å². The van der Waals surface area contributed by atoms with Gasteiger partial charge in [-0.1, -0.05) is 12.2 Å². The number of rotatable bonds is 2. The van der Waals surface area contributed by atoms with E-state index in [1.165, 1.54) is 0 Å². The average Bonchev–Trinajstić information content (AvgIpc) is 2.02. The van der Waals surface area contributed by atoms with Gasteiger partial charge < -0.3 is 5.73 Å². The van der Waals surface area contributed by atoms with Gasteiger partial charge in [0.15, 0.2) is 0 Å². The predicted octanol–water partition coefficient (Wildman–Crippen LogP) is 0.107. The van der Waals surface area contributed by atoms with Gasteiger partial charge in [-0.25, -0.2) is 17.9 Å². The van der Waals surface area contributed by atoms with E-state index in [0.29, 0.717) is 0 Å². The van der Waals surface area contributed by atoms with Gasteiger partial charge in [0.2, 0.25) is 10.0 Å². The summed E-state index contributed by atoms with van der Waals surface area (Å²) in [6.45, 7) is 0. The fraction of sp³-hybridized carbons (Fsp3) is 0. The summed E-state index contributed by atoms with van der Waals surface area (Å²) in [6, 6.07) is 3.01. The first kappa shape index (κ1) is 11.0. The van der Waals surface area contributed by atoms with Crippen LogP contribution in [0.15, 0.2) is 23.1 Å². The van der Waals surface area contributed by atoms with Crippen molar-refractivity contribution in [3.8, 4) is 0 Å². The van der Waals surface area contributed by atoms with Gasteiger partial charge in [0.1, 0.15) is 10.8 Å². The monoisotopic (exact) mass is 234 g/mol. The van der Waals surface area contributed by atoms with Crippen LogP contribution in [-0.4, -0.2) is 13.4 Å². The fourth-order valence-corrected chi connectivity index (χ4v) is 1.57. The minimum absolute atomic E-state index is 0.133. The van der Waals surface area contributed by atoms with E-state index in [9.17, 15) is 12.8 Å². The molecular formula is C7H7FN2O2S2. The Balaban J connectivity index is 3.42. The van der Waals surface area contributed by atoms with Gasteiger partial charge in [-0.05, 0) is 18.2 Å². The molecule has 0 fully saturated rings. The molecule has 0 aliphatic heterocycles. The highest BCUT2D eigenvalue weighted by atomic mass is 32.2. The highest BCUT2D eigenvalue weighted by Crippen LogP contribution is 2.13. The van der Waals surface area contributed by atoms with E-state index in [2.05, 4.69) is 12.2 Å². The van der Waals surface area contributed by atoms with Crippen LogP contribution in [0.2, 0.25) is 0 Å². The summed E-state index contributed by atoms with van der Waals surface area (Å²) < 4.78 is 34.8. The zero-order valence-corrected chi connectivity index (χ0v) is 8.53. The molecular weight excluding hydrogens is 227 g/mol. The summed E-state index contributed by atoms with van der Waals surface area (Å²) in [5.41, 5.74) is 5.05. The molecule has 0 radical (unpaired) electrons. The summed E-state index contributed by atoms with van der Waals surface area (Å²) in [5.74, 6) is -0.676. The molecule has 0 saturated carbocycles. The Hall–Kier alpha value is -1.05. The van der Waals surface area contributed by atoms with Crippen LogP contribution in [0.1, 0.15) is 5.56 Å². The molecule has 0 amide bonds. The van der Waals surface area contributed by atoms with Crippen LogP contribution < -0.4 is 10.9 Å². The van der Waals surface area contributed by atoms with Crippen LogP contribution in [-0.2, 0) is 10.0 Å². The van der Waals surface area contributed by atoms with Gasteiger partial charge >= 0.3 is 0 Å². The Morgan fingerprint density at radius 3 is 2.43 bits per heavy atom. The smallest absolute Gasteiger partial charge is 0.238 e. The molecule has 1 aromatic rings. The lowest BCUT2D eigenvalue weighted by Gasteiger charge is -2.03. The van der Waals surface area contributed by atoms with Crippen molar-refractivity contribution < 1.29 is 12.8 Å². The normalized spacial score (nSPS) is 11.3. The maximum atomic E-state index is 13.0. The highest BCUT2D eigenvalue weighted by molar-refractivity contribution is 7.89. The Morgan fingerprint density at radius 1 is 1.43 bits per heavy atom. The summed E-state index contributed by atoms with van der Waals surface area (Å²) in [7, 11) is -3.86. The number of primary sulfonamides is 1. The van der Waals surface area contributed by atoms with E-state index in [4.69, 9.17) is 10.9 Å². The van der Waals surface area contributed by atoms with Crippen molar-refractivity contribution in [3.05, 3.63) is 29.6 Å². The summed E-state index contributed by atoms with van der Waals surface area (Å²) >= 11 is 4.53. The Morgan fingerprint density at radius 2 is 2.00 bits per heavy atom. The van der Waals surface area contributed by atoms with Crippen molar-refractivity contribution in [3.63, 3.8) is 0 Å². The van der Waals surface area contributed by atoms with Crippen LogP contribution in [0.5, 0.6) is 0 Å². The second-order valence-electron chi connectivity index (χ2n) is 2.55. The molecule has 4 nitrogen and oxygen atoms in total. The molecule has 1 aromatic carbocycles. The first-order valence-electron chi connectivity index (χ1n) is 3.44. The zero-order chi connectivity index (χ0) is 10.9. The number of hydrogen-bond donors (Lipinski definition) is 2. The SMILES string of the molecule is NC(=S)c1cc(S(N)(=O)=O)ccc1F. The largest absolute Gasteiger partial charge is 0.389 e. The van der Waals surface area contributed by atoms with Gasteiger partial charge in [0, 0.05) is 5.56 Å². The highest BCUT2D eigenvalue weighted by Gasteiger charge is 2.12. The van der Waals surface area contributed by atoms with E-state index in [0.717, 1.165) is 18.2 Å². The first-order chi connectivity index (χ1) is 6.32. The van der Waals surface area contributed by atoms with Gasteiger partial charge in [-0.2, -0.15) is 0 Å². The van der Waals surface area contributed by atoms with Crippen LogP contribution in [0.25, 0.3) is 0 Å². The summed E-state index contributed by atoms with van der Waals surface area (Å²) in [5, 5.41) is 4.84. The lowest BCUT2D eigenvalue weighted by atomic mass is 10.2. The molecule has 1 rings (SSSR count). The minimum atomic E-state index is -3.86. The molecule has 4 N–H and O–H groups in total. The van der Waals surface area contributed by atoms with E-state index >= 15 is 0 Å². The Kier molecular flexibility index (Phi) is 2.84. The molecule has 7 heteroatoms. The summed E-state index contributed by atoms with van der Waals surface area (Å²) in [6.07, 6.45) is 0. The number of sulfonamides is 1. The van der Waals surface area contributed by atoms with Crippen molar-refractivity contribution in [1.29, 1.82) is 0 Å². The summed E-state index contributed by atoms with van der Waals surface area (Å²) in [4.78, 5) is -0.435. The van der Waals surface area contributed by atoms with E-state index < -0.39 is 15.8 Å². The molecule has 0 aromatic heterocycles. The van der Waals surface area contributed by atoms with Crippen LogP contribution >= 0.6 is 12.2 Å². The molecule has 76 valence electrons. The molecule has 0 spiro atoms.